The molecule has 1 aromatic carbocycles. The Labute approximate surface area is 154 Å². The minimum atomic E-state index is 0.0401. The highest BCUT2D eigenvalue weighted by Crippen LogP contribution is 2.21. The summed E-state index contributed by atoms with van der Waals surface area (Å²) in [6, 6.07) is 8.16. The predicted octanol–water partition coefficient (Wildman–Crippen LogP) is 3.50. The molecule has 0 saturated carbocycles. The van der Waals surface area contributed by atoms with Gasteiger partial charge in [-0.05, 0) is 43.4 Å². The quantitative estimate of drug-likeness (QED) is 0.860. The third kappa shape index (κ3) is 4.31. The fourth-order valence-electron chi connectivity index (χ4n) is 3.31. The molecular weight excluding hydrogens is 328 g/mol. The van der Waals surface area contributed by atoms with Gasteiger partial charge in [-0.1, -0.05) is 19.1 Å². The van der Waals surface area contributed by atoms with Crippen LogP contribution in [-0.2, 0) is 6.54 Å². The van der Waals surface area contributed by atoms with Gasteiger partial charge in [-0.3, -0.25) is 4.79 Å². The minimum absolute atomic E-state index is 0.0401. The number of nitrogens with zero attached hydrogens (tertiary/aromatic N) is 3. The number of carbonyl (C=O) groups excluding carboxylic acids is 1. The molecule has 1 atom stereocenters. The van der Waals surface area contributed by atoms with E-state index in [0.717, 1.165) is 37.1 Å². The van der Waals surface area contributed by atoms with E-state index in [1.54, 1.807) is 19.5 Å². The highest BCUT2D eigenvalue weighted by molar-refractivity contribution is 5.94. The van der Waals surface area contributed by atoms with Crippen molar-refractivity contribution in [2.24, 2.45) is 0 Å². The van der Waals surface area contributed by atoms with E-state index < -0.39 is 0 Å². The lowest BCUT2D eigenvalue weighted by molar-refractivity contribution is 0.0607. The molecule has 6 nitrogen and oxygen atoms in total. The summed E-state index contributed by atoms with van der Waals surface area (Å²) >= 11 is 0. The standard InChI is InChI=1S/C20H26N4O2/c1-3-17-6-4-5-11-24(17)19(25)16-13-22-20(23-14-16)21-12-15-7-9-18(26-2)10-8-15/h7-10,13-14,17H,3-6,11-12H2,1-2H3,(H,21,22,23). The zero-order chi connectivity index (χ0) is 18.4. The number of benzene rings is 1. The van der Waals surface area contributed by atoms with Gasteiger partial charge in [0.25, 0.3) is 5.91 Å². The Morgan fingerprint density at radius 2 is 1.96 bits per heavy atom. The van der Waals surface area contributed by atoms with E-state index in [2.05, 4.69) is 22.2 Å². The number of piperidine rings is 1. The Balaban J connectivity index is 1.59. The summed E-state index contributed by atoms with van der Waals surface area (Å²) in [5.74, 6) is 1.39. The van der Waals surface area contributed by atoms with Crippen molar-refractivity contribution in [2.75, 3.05) is 19.0 Å². The topological polar surface area (TPSA) is 67.4 Å². The van der Waals surface area contributed by atoms with Crippen LogP contribution in [-0.4, -0.2) is 40.5 Å². The highest BCUT2D eigenvalue weighted by Gasteiger charge is 2.26. The Kier molecular flexibility index (Phi) is 6.04. The zero-order valence-electron chi connectivity index (χ0n) is 15.4. The monoisotopic (exact) mass is 354 g/mol. The second kappa shape index (κ2) is 8.65. The second-order valence-corrected chi connectivity index (χ2v) is 6.55. The fourth-order valence-corrected chi connectivity index (χ4v) is 3.31. The smallest absolute Gasteiger partial charge is 0.257 e. The van der Waals surface area contributed by atoms with E-state index in [4.69, 9.17) is 4.74 Å². The Morgan fingerprint density at radius 3 is 2.62 bits per heavy atom. The van der Waals surface area contributed by atoms with Crippen LogP contribution < -0.4 is 10.1 Å². The van der Waals surface area contributed by atoms with E-state index in [1.807, 2.05) is 29.2 Å². The van der Waals surface area contributed by atoms with Crippen molar-refractivity contribution >= 4 is 11.9 Å². The van der Waals surface area contributed by atoms with Gasteiger partial charge >= 0.3 is 0 Å². The first-order valence-corrected chi connectivity index (χ1v) is 9.21. The van der Waals surface area contributed by atoms with E-state index in [1.165, 1.54) is 6.42 Å². The van der Waals surface area contributed by atoms with Crippen LogP contribution in [0.5, 0.6) is 5.75 Å². The molecule has 0 aliphatic carbocycles. The van der Waals surface area contributed by atoms with Crippen LogP contribution in [0.3, 0.4) is 0 Å². The number of rotatable bonds is 6. The lowest BCUT2D eigenvalue weighted by Crippen LogP contribution is -2.43. The van der Waals surface area contributed by atoms with Gasteiger partial charge in [-0.15, -0.1) is 0 Å². The summed E-state index contributed by atoms with van der Waals surface area (Å²) in [6.45, 7) is 3.58. The molecule has 26 heavy (non-hydrogen) atoms. The average molecular weight is 354 g/mol. The van der Waals surface area contributed by atoms with Crippen LogP contribution in [0.15, 0.2) is 36.7 Å². The van der Waals surface area contributed by atoms with Gasteiger partial charge in [0, 0.05) is 31.5 Å². The van der Waals surface area contributed by atoms with Crippen molar-refractivity contribution in [3.63, 3.8) is 0 Å². The molecule has 0 spiro atoms. The Hall–Kier alpha value is -2.63. The molecule has 2 heterocycles. The van der Waals surface area contributed by atoms with E-state index in [9.17, 15) is 4.79 Å². The molecule has 1 N–H and O–H groups in total. The molecule has 1 aliphatic rings. The normalized spacial score (nSPS) is 17.0. The maximum absolute atomic E-state index is 12.7. The van der Waals surface area contributed by atoms with Crippen LogP contribution >= 0.6 is 0 Å². The SMILES string of the molecule is CCC1CCCCN1C(=O)c1cnc(NCc2ccc(OC)cc2)nc1. The number of likely N-dealkylation sites (tertiary alicyclic amines) is 1. The highest BCUT2D eigenvalue weighted by atomic mass is 16.5. The van der Waals surface area contributed by atoms with Gasteiger partial charge in [-0.25, -0.2) is 9.97 Å². The molecule has 1 aromatic heterocycles. The van der Waals surface area contributed by atoms with Gasteiger partial charge < -0.3 is 15.0 Å². The number of aromatic nitrogens is 2. The number of methoxy groups -OCH3 is 1. The number of hydrogen-bond acceptors (Lipinski definition) is 5. The molecule has 6 heteroatoms. The molecule has 2 aromatic rings. The molecule has 0 bridgehead atoms. The molecule has 138 valence electrons. The maximum Gasteiger partial charge on any atom is 0.257 e. The van der Waals surface area contributed by atoms with Crippen molar-refractivity contribution in [1.29, 1.82) is 0 Å². The maximum atomic E-state index is 12.7. The summed E-state index contributed by atoms with van der Waals surface area (Å²) in [4.78, 5) is 23.3. The first kappa shape index (κ1) is 18.2. The fraction of sp³-hybridized carbons (Fsp3) is 0.450. The number of nitrogens with one attached hydrogen (secondary N) is 1. The van der Waals surface area contributed by atoms with Crippen LogP contribution in [0.2, 0.25) is 0 Å². The molecule has 3 rings (SSSR count). The van der Waals surface area contributed by atoms with E-state index in [-0.39, 0.29) is 5.91 Å². The second-order valence-electron chi connectivity index (χ2n) is 6.55. The van der Waals surface area contributed by atoms with Crippen LogP contribution in [0.4, 0.5) is 5.95 Å². The minimum Gasteiger partial charge on any atom is -0.497 e. The number of amides is 1. The van der Waals surface area contributed by atoms with Gasteiger partial charge in [0.15, 0.2) is 0 Å². The molecule has 0 radical (unpaired) electrons. The molecule has 1 saturated heterocycles. The molecule has 1 aliphatic heterocycles. The van der Waals surface area contributed by atoms with Crippen LogP contribution in [0, 0.1) is 0 Å². The van der Waals surface area contributed by atoms with E-state index >= 15 is 0 Å². The first-order valence-electron chi connectivity index (χ1n) is 9.21. The van der Waals surface area contributed by atoms with Gasteiger partial charge in [-0.2, -0.15) is 0 Å². The summed E-state index contributed by atoms with van der Waals surface area (Å²) < 4.78 is 5.15. The number of carbonyl (C=O) groups is 1. The predicted molar refractivity (Wildman–Crippen MR) is 101 cm³/mol. The summed E-state index contributed by atoms with van der Waals surface area (Å²) in [7, 11) is 1.65. The third-order valence-electron chi connectivity index (χ3n) is 4.87. The van der Waals surface area contributed by atoms with Gasteiger partial charge in [0.2, 0.25) is 5.95 Å². The van der Waals surface area contributed by atoms with Crippen LogP contribution in [0.1, 0.15) is 48.5 Å². The lowest BCUT2D eigenvalue weighted by atomic mass is 9.99. The van der Waals surface area contributed by atoms with Crippen molar-refractivity contribution in [3.05, 3.63) is 47.8 Å². The summed E-state index contributed by atoms with van der Waals surface area (Å²) in [5.41, 5.74) is 1.66. The van der Waals surface area contributed by atoms with E-state index in [0.29, 0.717) is 24.1 Å². The molecular formula is C20H26N4O2. The summed E-state index contributed by atoms with van der Waals surface area (Å²) in [6.07, 6.45) is 7.59. The zero-order valence-corrected chi connectivity index (χ0v) is 15.4. The number of anilines is 1. The first-order chi connectivity index (χ1) is 12.7. The van der Waals surface area contributed by atoms with Crippen molar-refractivity contribution in [1.82, 2.24) is 14.9 Å². The average Bonchev–Trinajstić information content (AvgIpc) is 2.72. The number of ether oxygens (including phenoxy) is 1. The third-order valence-corrected chi connectivity index (χ3v) is 4.87. The Morgan fingerprint density at radius 1 is 1.23 bits per heavy atom. The van der Waals surface area contributed by atoms with Crippen molar-refractivity contribution < 1.29 is 9.53 Å². The molecule has 1 amide bonds. The molecule has 1 unspecified atom stereocenters. The van der Waals surface area contributed by atoms with Crippen molar-refractivity contribution in [2.45, 2.75) is 45.2 Å². The van der Waals surface area contributed by atoms with Gasteiger partial charge in [0.05, 0.1) is 12.7 Å². The Bertz CT molecular complexity index is 716. The van der Waals surface area contributed by atoms with Crippen LogP contribution in [0.25, 0.3) is 0 Å². The number of hydrogen-bond donors (Lipinski definition) is 1. The largest absolute Gasteiger partial charge is 0.497 e. The molecule has 1 fully saturated rings. The lowest BCUT2D eigenvalue weighted by Gasteiger charge is -2.35. The summed E-state index contributed by atoms with van der Waals surface area (Å²) in [5, 5.41) is 3.18. The van der Waals surface area contributed by atoms with Gasteiger partial charge in [0.1, 0.15) is 5.75 Å². The van der Waals surface area contributed by atoms with Crippen molar-refractivity contribution in [3.8, 4) is 5.75 Å².